The first-order valence-electron chi connectivity index (χ1n) is 3.02. The van der Waals surface area contributed by atoms with Crippen LogP contribution in [0.3, 0.4) is 0 Å². The van der Waals surface area contributed by atoms with E-state index in [0.29, 0.717) is 5.69 Å². The summed E-state index contributed by atoms with van der Waals surface area (Å²) < 4.78 is 0. The van der Waals surface area contributed by atoms with Gasteiger partial charge in [0.25, 0.3) is 0 Å². The quantitative estimate of drug-likeness (QED) is 0.579. The van der Waals surface area contributed by atoms with Gasteiger partial charge in [-0.3, -0.25) is 0 Å². The lowest BCUT2D eigenvalue weighted by molar-refractivity contribution is 1.22. The topological polar surface area (TPSA) is 36.7 Å². The highest BCUT2D eigenvalue weighted by Crippen LogP contribution is 2.00. The lowest BCUT2D eigenvalue weighted by Crippen LogP contribution is -1.83. The predicted molar refractivity (Wildman–Crippen MR) is 38.0 cm³/mol. The molecule has 49 valence electrons. The van der Waals surface area contributed by atoms with E-state index in [1.807, 2.05) is 25.5 Å². The lowest BCUT2D eigenvalue weighted by Gasteiger charge is -1.91. The molecule has 0 atom stereocenters. The van der Waals surface area contributed by atoms with E-state index >= 15 is 0 Å². The van der Waals surface area contributed by atoms with Gasteiger partial charge in [-0.25, -0.2) is 4.98 Å². The monoisotopic (exact) mass is 131 g/mol. The zero-order chi connectivity index (χ0) is 7.40. The zero-order valence-corrected chi connectivity index (χ0v) is 5.70. The van der Waals surface area contributed by atoms with Crippen molar-refractivity contribution >= 4 is 0 Å². The van der Waals surface area contributed by atoms with Crippen LogP contribution < -0.4 is 0 Å². The van der Waals surface area contributed by atoms with Gasteiger partial charge in [0.15, 0.2) is 0 Å². The second-order valence-electron chi connectivity index (χ2n) is 1.88. The molecular weight excluding hydrogens is 124 g/mol. The third-order valence-corrected chi connectivity index (χ3v) is 1.23. The average molecular weight is 131 g/mol. The molecule has 0 spiro atoms. The zero-order valence-electron chi connectivity index (χ0n) is 5.70. The Hall–Kier alpha value is -1.36. The fraction of sp³-hybridized carbons (Fsp3) is 0.125. The summed E-state index contributed by atoms with van der Waals surface area (Å²) in [4.78, 5) is 3.88. The molecule has 2 heteroatoms. The molecule has 1 rings (SSSR count). The number of nitrogens with zero attached hydrogens (tertiary/aromatic N) is 2. The number of hydrogen-bond donors (Lipinski definition) is 0. The first-order valence-corrected chi connectivity index (χ1v) is 3.02. The van der Waals surface area contributed by atoms with Gasteiger partial charge in [-0.05, 0) is 18.1 Å². The highest BCUT2D eigenvalue weighted by Gasteiger charge is 1.90. The minimum Gasteiger partial charge on any atom is -0.245 e. The molecule has 1 aromatic heterocycles. The molecule has 1 radical (unpaired) electrons. The van der Waals surface area contributed by atoms with Crippen LogP contribution in [0.5, 0.6) is 0 Å². The van der Waals surface area contributed by atoms with Crippen molar-refractivity contribution in [1.29, 1.82) is 5.26 Å². The third-order valence-electron chi connectivity index (χ3n) is 1.23. The molecule has 0 aliphatic heterocycles. The van der Waals surface area contributed by atoms with Crippen molar-refractivity contribution in [3.63, 3.8) is 0 Å². The summed E-state index contributed by atoms with van der Waals surface area (Å²) >= 11 is 0. The highest BCUT2D eigenvalue weighted by atomic mass is 14.7. The normalized spacial score (nSPS) is 8.80. The third kappa shape index (κ3) is 1.32. The molecule has 0 fully saturated rings. The largest absolute Gasteiger partial charge is 0.245 e. The fourth-order valence-electron chi connectivity index (χ4n) is 0.642. The molecule has 0 saturated carbocycles. The van der Waals surface area contributed by atoms with Crippen LogP contribution in [0.25, 0.3) is 0 Å². The van der Waals surface area contributed by atoms with Crippen LogP contribution in [0.2, 0.25) is 0 Å². The first-order chi connectivity index (χ1) is 4.86. The van der Waals surface area contributed by atoms with E-state index in [1.165, 1.54) is 0 Å². The summed E-state index contributed by atoms with van der Waals surface area (Å²) in [5.74, 6) is 0. The van der Waals surface area contributed by atoms with E-state index in [1.54, 1.807) is 12.3 Å². The Morgan fingerprint density at radius 2 is 2.40 bits per heavy atom. The summed E-state index contributed by atoms with van der Waals surface area (Å²) in [6, 6.07) is 5.52. The molecule has 1 heterocycles. The maximum atomic E-state index is 8.38. The lowest BCUT2D eigenvalue weighted by atomic mass is 10.2. The Balaban J connectivity index is 2.93. The van der Waals surface area contributed by atoms with E-state index in [2.05, 4.69) is 4.98 Å². The van der Waals surface area contributed by atoms with E-state index in [4.69, 9.17) is 5.26 Å². The molecule has 0 amide bonds. The minimum absolute atomic E-state index is 0.464. The molecule has 0 aliphatic rings. The van der Waals surface area contributed by atoms with Crippen LogP contribution in [0.1, 0.15) is 18.2 Å². The van der Waals surface area contributed by atoms with Gasteiger partial charge in [0, 0.05) is 6.20 Å². The molecule has 0 aromatic carbocycles. The molecule has 0 bridgehead atoms. The van der Waals surface area contributed by atoms with Gasteiger partial charge >= 0.3 is 0 Å². The summed E-state index contributed by atoms with van der Waals surface area (Å²) in [5, 5.41) is 8.38. The van der Waals surface area contributed by atoms with Crippen LogP contribution in [-0.4, -0.2) is 4.98 Å². The number of rotatable bonds is 1. The van der Waals surface area contributed by atoms with E-state index in [-0.39, 0.29) is 0 Å². The van der Waals surface area contributed by atoms with Gasteiger partial charge in [-0.2, -0.15) is 5.26 Å². The SMILES string of the molecule is C[CH]c1ccc(C#N)nc1. The second kappa shape index (κ2) is 2.98. The van der Waals surface area contributed by atoms with Crippen molar-refractivity contribution in [2.45, 2.75) is 6.92 Å². The molecular formula is C8H7N2. The van der Waals surface area contributed by atoms with Gasteiger partial charge in [0.1, 0.15) is 11.8 Å². The Bertz CT molecular complexity index is 243. The highest BCUT2D eigenvalue weighted by molar-refractivity contribution is 5.26. The second-order valence-corrected chi connectivity index (χ2v) is 1.88. The van der Waals surface area contributed by atoms with E-state index < -0.39 is 0 Å². The molecule has 1 aromatic rings. The predicted octanol–water partition coefficient (Wildman–Crippen LogP) is 1.53. The van der Waals surface area contributed by atoms with Crippen molar-refractivity contribution in [3.8, 4) is 6.07 Å². The van der Waals surface area contributed by atoms with Crippen molar-refractivity contribution in [2.75, 3.05) is 0 Å². The number of hydrogen-bond acceptors (Lipinski definition) is 2. The Morgan fingerprint density at radius 1 is 1.60 bits per heavy atom. The van der Waals surface area contributed by atoms with Crippen LogP contribution in [0, 0.1) is 17.8 Å². The number of aromatic nitrogens is 1. The average Bonchev–Trinajstić information content (AvgIpc) is 2.05. The van der Waals surface area contributed by atoms with Crippen molar-refractivity contribution < 1.29 is 0 Å². The molecule has 0 unspecified atom stereocenters. The first kappa shape index (κ1) is 6.76. The van der Waals surface area contributed by atoms with Gasteiger partial charge in [0.2, 0.25) is 0 Å². The Labute approximate surface area is 60.1 Å². The summed E-state index contributed by atoms with van der Waals surface area (Å²) in [6.45, 7) is 1.93. The standard InChI is InChI=1S/C8H7N2/c1-2-7-3-4-8(5-9)10-6-7/h2-4,6H,1H3. The summed E-state index contributed by atoms with van der Waals surface area (Å²) in [6.07, 6.45) is 3.62. The number of nitriles is 1. The van der Waals surface area contributed by atoms with Crippen LogP contribution in [0.15, 0.2) is 18.3 Å². The van der Waals surface area contributed by atoms with Crippen molar-refractivity contribution in [2.24, 2.45) is 0 Å². The molecule has 0 N–H and O–H groups in total. The molecule has 2 nitrogen and oxygen atoms in total. The Kier molecular flexibility index (Phi) is 2.01. The maximum absolute atomic E-state index is 8.38. The van der Waals surface area contributed by atoms with Crippen molar-refractivity contribution in [1.82, 2.24) is 4.98 Å². The van der Waals surface area contributed by atoms with Crippen LogP contribution >= 0.6 is 0 Å². The Morgan fingerprint density at radius 3 is 2.80 bits per heavy atom. The fourth-order valence-corrected chi connectivity index (χ4v) is 0.642. The molecule has 0 aliphatic carbocycles. The summed E-state index contributed by atoms with van der Waals surface area (Å²) in [7, 11) is 0. The molecule has 10 heavy (non-hydrogen) atoms. The smallest absolute Gasteiger partial charge is 0.140 e. The van der Waals surface area contributed by atoms with Gasteiger partial charge in [-0.1, -0.05) is 13.0 Å². The van der Waals surface area contributed by atoms with Crippen LogP contribution in [0.4, 0.5) is 0 Å². The van der Waals surface area contributed by atoms with E-state index in [9.17, 15) is 0 Å². The van der Waals surface area contributed by atoms with Gasteiger partial charge in [0.05, 0.1) is 0 Å². The van der Waals surface area contributed by atoms with Crippen LogP contribution in [-0.2, 0) is 0 Å². The van der Waals surface area contributed by atoms with Gasteiger partial charge < -0.3 is 0 Å². The van der Waals surface area contributed by atoms with E-state index in [0.717, 1.165) is 5.56 Å². The molecule has 0 saturated heterocycles. The minimum atomic E-state index is 0.464. The van der Waals surface area contributed by atoms with Crippen molar-refractivity contribution in [3.05, 3.63) is 36.0 Å². The summed E-state index contributed by atoms with van der Waals surface area (Å²) in [5.41, 5.74) is 1.50. The van der Waals surface area contributed by atoms with Gasteiger partial charge in [-0.15, -0.1) is 0 Å². The maximum Gasteiger partial charge on any atom is 0.140 e. The number of pyridine rings is 1.